The number of nitrogens with one attached hydrogen (secondary N) is 1. The van der Waals surface area contributed by atoms with Gasteiger partial charge in [0.1, 0.15) is 23.7 Å². The SMILES string of the molecule is CCOc1cc2ncnc(Nc3ccc(F)c(Cl)c3)c2cc1CC(=O)/C(F)=C/CN1C[C@@H]2OCCO[C@H]2C1. The third-order valence-corrected chi connectivity index (χ3v) is 6.77. The minimum atomic E-state index is -0.812. The van der Waals surface area contributed by atoms with Crippen LogP contribution in [0.15, 0.2) is 48.6 Å². The number of fused-ring (bicyclic) bond motifs is 2. The van der Waals surface area contributed by atoms with Gasteiger partial charge in [0.15, 0.2) is 11.6 Å². The summed E-state index contributed by atoms with van der Waals surface area (Å²) < 4.78 is 45.6. The van der Waals surface area contributed by atoms with Gasteiger partial charge in [0.2, 0.25) is 0 Å². The fraction of sp³-hybridized carbons (Fsp3) is 0.370. The summed E-state index contributed by atoms with van der Waals surface area (Å²) in [4.78, 5) is 23.4. The van der Waals surface area contributed by atoms with Gasteiger partial charge in [-0.15, -0.1) is 0 Å². The molecule has 0 unspecified atom stereocenters. The van der Waals surface area contributed by atoms with Gasteiger partial charge in [-0.25, -0.2) is 18.7 Å². The van der Waals surface area contributed by atoms with E-state index in [2.05, 4.69) is 15.3 Å². The van der Waals surface area contributed by atoms with Crippen LogP contribution in [0.1, 0.15) is 12.5 Å². The van der Waals surface area contributed by atoms with Gasteiger partial charge in [-0.3, -0.25) is 9.69 Å². The van der Waals surface area contributed by atoms with Crippen LogP contribution in [0.5, 0.6) is 5.75 Å². The predicted molar refractivity (Wildman–Crippen MR) is 139 cm³/mol. The van der Waals surface area contributed by atoms with Crippen molar-refractivity contribution in [3.05, 3.63) is 65.0 Å². The molecule has 2 aliphatic heterocycles. The van der Waals surface area contributed by atoms with Gasteiger partial charge in [0, 0.05) is 48.8 Å². The third kappa shape index (κ3) is 5.94. The number of benzene rings is 2. The summed E-state index contributed by atoms with van der Waals surface area (Å²) in [6.07, 6.45) is 2.44. The highest BCUT2D eigenvalue weighted by atomic mass is 35.5. The zero-order valence-corrected chi connectivity index (χ0v) is 21.5. The normalized spacial score (nSPS) is 19.9. The van der Waals surface area contributed by atoms with Crippen molar-refractivity contribution in [2.75, 3.05) is 44.8 Å². The van der Waals surface area contributed by atoms with Gasteiger partial charge in [0.25, 0.3) is 0 Å². The maximum atomic E-state index is 14.9. The Morgan fingerprint density at radius 2 is 1.97 bits per heavy atom. The molecule has 0 aliphatic carbocycles. The van der Waals surface area contributed by atoms with E-state index >= 15 is 0 Å². The minimum Gasteiger partial charge on any atom is -0.494 e. The van der Waals surface area contributed by atoms with Crippen LogP contribution in [0.3, 0.4) is 0 Å². The molecule has 0 radical (unpaired) electrons. The summed E-state index contributed by atoms with van der Waals surface area (Å²) in [5.74, 6) is -1.15. The van der Waals surface area contributed by atoms with E-state index in [1.165, 1.54) is 30.6 Å². The minimum absolute atomic E-state index is 0.0155. The molecule has 1 aromatic heterocycles. The second-order valence-corrected chi connectivity index (χ2v) is 9.48. The molecule has 2 saturated heterocycles. The molecule has 1 N–H and O–H groups in total. The molecule has 2 aromatic carbocycles. The average molecular weight is 545 g/mol. The first-order valence-corrected chi connectivity index (χ1v) is 12.8. The molecule has 38 heavy (non-hydrogen) atoms. The molecule has 11 heteroatoms. The number of likely N-dealkylation sites (tertiary alicyclic amines) is 1. The van der Waals surface area contributed by atoms with Crippen LogP contribution in [-0.4, -0.2) is 72.3 Å². The molecule has 2 fully saturated rings. The number of allylic oxidation sites excluding steroid dienone is 1. The number of carbonyl (C=O) groups excluding carboxylic acids is 1. The number of nitrogens with zero attached hydrogens (tertiary/aromatic N) is 3. The quantitative estimate of drug-likeness (QED) is 0.390. The number of Topliss-reactive ketones (excluding diaryl/α,β-unsaturated/α-hetero) is 1. The van der Waals surface area contributed by atoms with Crippen molar-refractivity contribution in [2.45, 2.75) is 25.6 Å². The number of halogens is 3. The number of hydrogen-bond acceptors (Lipinski definition) is 8. The highest BCUT2D eigenvalue weighted by Gasteiger charge is 2.36. The Morgan fingerprint density at radius 1 is 1.21 bits per heavy atom. The lowest BCUT2D eigenvalue weighted by Crippen LogP contribution is -2.36. The van der Waals surface area contributed by atoms with Crippen molar-refractivity contribution in [3.8, 4) is 5.75 Å². The Morgan fingerprint density at radius 3 is 2.68 bits per heavy atom. The summed E-state index contributed by atoms with van der Waals surface area (Å²) in [6.45, 7) is 4.86. The first-order valence-electron chi connectivity index (χ1n) is 12.4. The number of ketones is 1. The van der Waals surface area contributed by atoms with Gasteiger partial charge in [0.05, 0.1) is 42.6 Å². The maximum Gasteiger partial charge on any atom is 0.195 e. The van der Waals surface area contributed by atoms with Gasteiger partial charge in [-0.2, -0.15) is 0 Å². The van der Waals surface area contributed by atoms with E-state index in [1.807, 2.05) is 11.8 Å². The number of anilines is 2. The van der Waals surface area contributed by atoms with Crippen molar-refractivity contribution < 1.29 is 27.8 Å². The lowest BCUT2D eigenvalue weighted by molar-refractivity contribution is -0.116. The third-order valence-electron chi connectivity index (χ3n) is 6.48. The number of aromatic nitrogens is 2. The molecule has 0 spiro atoms. The van der Waals surface area contributed by atoms with Gasteiger partial charge >= 0.3 is 0 Å². The van der Waals surface area contributed by atoms with Crippen molar-refractivity contribution in [2.24, 2.45) is 0 Å². The van der Waals surface area contributed by atoms with Crippen LogP contribution >= 0.6 is 11.6 Å². The highest BCUT2D eigenvalue weighted by molar-refractivity contribution is 6.31. The molecule has 0 bridgehead atoms. The summed E-state index contributed by atoms with van der Waals surface area (Å²) >= 11 is 5.91. The zero-order valence-electron chi connectivity index (χ0n) is 20.8. The monoisotopic (exact) mass is 544 g/mol. The second-order valence-electron chi connectivity index (χ2n) is 9.08. The van der Waals surface area contributed by atoms with E-state index in [1.54, 1.807) is 12.1 Å². The van der Waals surface area contributed by atoms with Gasteiger partial charge in [-0.1, -0.05) is 11.6 Å². The lowest BCUT2D eigenvalue weighted by Gasteiger charge is -2.24. The molecule has 0 saturated carbocycles. The molecule has 0 amide bonds. The molecule has 3 heterocycles. The van der Waals surface area contributed by atoms with Crippen molar-refractivity contribution in [1.82, 2.24) is 14.9 Å². The van der Waals surface area contributed by atoms with Crippen LogP contribution in [-0.2, 0) is 20.7 Å². The first kappa shape index (κ1) is 26.4. The lowest BCUT2D eigenvalue weighted by atomic mass is 10.0. The van der Waals surface area contributed by atoms with E-state index in [-0.39, 0.29) is 30.2 Å². The number of hydrogen-bond donors (Lipinski definition) is 1. The fourth-order valence-corrected chi connectivity index (χ4v) is 4.81. The van der Waals surface area contributed by atoms with E-state index in [0.29, 0.717) is 66.6 Å². The Bertz CT molecular complexity index is 1360. The predicted octanol–water partition coefficient (Wildman–Crippen LogP) is 4.63. The maximum absolute atomic E-state index is 14.9. The van der Waals surface area contributed by atoms with E-state index in [4.69, 9.17) is 25.8 Å². The summed E-state index contributed by atoms with van der Waals surface area (Å²) in [5, 5.41) is 3.66. The summed E-state index contributed by atoms with van der Waals surface area (Å²) in [5.41, 5.74) is 1.58. The first-order chi connectivity index (χ1) is 18.4. The molecule has 2 atom stereocenters. The number of rotatable bonds is 9. The Labute approximate surface area is 223 Å². The Kier molecular flexibility index (Phi) is 8.13. The average Bonchev–Trinajstić information content (AvgIpc) is 3.33. The number of ether oxygens (including phenoxy) is 3. The smallest absolute Gasteiger partial charge is 0.195 e. The van der Waals surface area contributed by atoms with E-state index < -0.39 is 17.4 Å². The fourth-order valence-electron chi connectivity index (χ4n) is 4.63. The standard InChI is InChI=1S/C27H27ClF2N4O4/c1-2-36-24-12-22-18(27(32-15-31-22)33-17-3-4-20(29)19(28)11-17)9-16(24)10-23(35)21(30)5-6-34-13-25-26(14-34)38-8-7-37-25/h3-5,9,11-12,15,25-26H,2,6-8,10,13-14H2,1H3,(H,31,32,33)/b21-5-/t25-,26-/m0/s1. The van der Waals surface area contributed by atoms with Crippen LogP contribution in [0.4, 0.5) is 20.3 Å². The van der Waals surface area contributed by atoms with Crippen molar-refractivity contribution >= 4 is 39.8 Å². The zero-order chi connectivity index (χ0) is 26.6. The Hall–Kier alpha value is -3.18. The van der Waals surface area contributed by atoms with E-state index in [9.17, 15) is 13.6 Å². The van der Waals surface area contributed by atoms with Crippen LogP contribution in [0.25, 0.3) is 10.9 Å². The highest BCUT2D eigenvalue weighted by Crippen LogP contribution is 2.32. The largest absolute Gasteiger partial charge is 0.494 e. The molecular weight excluding hydrogens is 518 g/mol. The molecule has 2 aliphatic rings. The van der Waals surface area contributed by atoms with Gasteiger partial charge < -0.3 is 19.5 Å². The van der Waals surface area contributed by atoms with Gasteiger partial charge in [-0.05, 0) is 37.3 Å². The molecule has 5 rings (SSSR count). The van der Waals surface area contributed by atoms with Crippen molar-refractivity contribution in [1.29, 1.82) is 0 Å². The molecule has 3 aromatic rings. The van der Waals surface area contributed by atoms with Crippen LogP contribution in [0.2, 0.25) is 5.02 Å². The van der Waals surface area contributed by atoms with Crippen molar-refractivity contribution in [3.63, 3.8) is 0 Å². The summed E-state index contributed by atoms with van der Waals surface area (Å²) in [7, 11) is 0. The topological polar surface area (TPSA) is 85.8 Å². The number of carbonyl (C=O) groups is 1. The van der Waals surface area contributed by atoms with Crippen LogP contribution < -0.4 is 10.1 Å². The van der Waals surface area contributed by atoms with E-state index in [0.717, 1.165) is 0 Å². The van der Waals surface area contributed by atoms with Crippen LogP contribution in [0, 0.1) is 5.82 Å². The Balaban J connectivity index is 1.35. The molecule has 200 valence electrons. The summed E-state index contributed by atoms with van der Waals surface area (Å²) in [6, 6.07) is 7.62. The molecule has 8 nitrogen and oxygen atoms in total. The second kappa shape index (κ2) is 11.7. The molecular formula is C27H27ClF2N4O4.